The number of carbonyl (C=O) groups is 1. The van der Waals surface area contributed by atoms with Crippen molar-refractivity contribution in [2.45, 2.75) is 19.8 Å². The SMILES string of the molecule is CCC(=O)CCOCCOCCOCCOCCN=[N+]=[N-]. The van der Waals surface area contributed by atoms with Crippen LogP contribution in [0.3, 0.4) is 0 Å². The van der Waals surface area contributed by atoms with Crippen LogP contribution in [-0.4, -0.2) is 65.2 Å². The highest BCUT2D eigenvalue weighted by atomic mass is 16.6. The molecule has 0 aliphatic carbocycles. The highest BCUT2D eigenvalue weighted by Crippen LogP contribution is 1.90. The van der Waals surface area contributed by atoms with E-state index in [1.807, 2.05) is 6.92 Å². The largest absolute Gasteiger partial charge is 0.379 e. The number of nitrogens with zero attached hydrogens (tertiary/aromatic N) is 3. The first-order valence-corrected chi connectivity index (χ1v) is 7.14. The number of hydrogen-bond donors (Lipinski definition) is 0. The van der Waals surface area contributed by atoms with Crippen LogP contribution in [0.25, 0.3) is 10.4 Å². The second kappa shape index (κ2) is 16.9. The van der Waals surface area contributed by atoms with Crippen LogP contribution in [0, 0.1) is 0 Å². The van der Waals surface area contributed by atoms with Crippen molar-refractivity contribution in [3.05, 3.63) is 10.4 Å². The summed E-state index contributed by atoms with van der Waals surface area (Å²) in [5, 5.41) is 3.34. The highest BCUT2D eigenvalue weighted by molar-refractivity contribution is 5.78. The molecule has 0 radical (unpaired) electrons. The molecule has 21 heavy (non-hydrogen) atoms. The van der Waals surface area contributed by atoms with Gasteiger partial charge in [0, 0.05) is 24.3 Å². The molecule has 0 aliphatic heterocycles. The van der Waals surface area contributed by atoms with Crippen LogP contribution in [0.4, 0.5) is 0 Å². The summed E-state index contributed by atoms with van der Waals surface area (Å²) >= 11 is 0. The van der Waals surface area contributed by atoms with E-state index in [-0.39, 0.29) is 5.78 Å². The maximum Gasteiger partial charge on any atom is 0.134 e. The van der Waals surface area contributed by atoms with Crippen molar-refractivity contribution in [1.29, 1.82) is 0 Å². The first kappa shape index (κ1) is 19.8. The van der Waals surface area contributed by atoms with Gasteiger partial charge in [-0.1, -0.05) is 12.0 Å². The molecule has 0 aromatic carbocycles. The molecule has 0 aliphatic rings. The summed E-state index contributed by atoms with van der Waals surface area (Å²) < 4.78 is 21.0. The Kier molecular flexibility index (Phi) is 15.9. The molecule has 0 amide bonds. The molecule has 0 N–H and O–H groups in total. The van der Waals surface area contributed by atoms with Crippen LogP contribution in [-0.2, 0) is 23.7 Å². The molecule has 0 spiro atoms. The fourth-order valence-corrected chi connectivity index (χ4v) is 1.27. The Balaban J connectivity index is 3.02. The number of Topliss-reactive ketones (excluding diaryl/α,β-unsaturated/α-hetero) is 1. The Bertz CT molecular complexity index is 296. The lowest BCUT2D eigenvalue weighted by molar-refractivity contribution is -0.120. The summed E-state index contributed by atoms with van der Waals surface area (Å²) in [7, 11) is 0. The van der Waals surface area contributed by atoms with Gasteiger partial charge in [0.2, 0.25) is 0 Å². The summed E-state index contributed by atoms with van der Waals surface area (Å²) in [6.07, 6.45) is 1.03. The third kappa shape index (κ3) is 16.8. The van der Waals surface area contributed by atoms with Gasteiger partial charge in [-0.05, 0) is 5.53 Å². The summed E-state index contributed by atoms with van der Waals surface area (Å²) in [5.74, 6) is 0.214. The molecule has 0 saturated heterocycles. The molecular weight excluding hydrogens is 278 g/mol. The molecule has 0 atom stereocenters. The van der Waals surface area contributed by atoms with Crippen molar-refractivity contribution in [2.24, 2.45) is 5.11 Å². The number of azide groups is 1. The van der Waals surface area contributed by atoms with E-state index in [9.17, 15) is 4.79 Å². The summed E-state index contributed by atoms with van der Waals surface area (Å²) in [5.41, 5.74) is 8.03. The van der Waals surface area contributed by atoms with Gasteiger partial charge in [0.1, 0.15) is 5.78 Å². The van der Waals surface area contributed by atoms with Gasteiger partial charge in [0.15, 0.2) is 0 Å². The monoisotopic (exact) mass is 303 g/mol. The van der Waals surface area contributed by atoms with Crippen molar-refractivity contribution < 1.29 is 23.7 Å². The second-order valence-corrected chi connectivity index (χ2v) is 4.05. The van der Waals surface area contributed by atoms with E-state index < -0.39 is 0 Å². The maximum atomic E-state index is 11.0. The zero-order valence-corrected chi connectivity index (χ0v) is 12.7. The van der Waals surface area contributed by atoms with Crippen LogP contribution >= 0.6 is 0 Å². The van der Waals surface area contributed by atoms with Crippen molar-refractivity contribution in [2.75, 3.05) is 59.4 Å². The summed E-state index contributed by atoms with van der Waals surface area (Å²) in [6.45, 7) is 5.96. The third-order valence-corrected chi connectivity index (χ3v) is 2.43. The van der Waals surface area contributed by atoms with E-state index in [1.165, 1.54) is 0 Å². The average Bonchev–Trinajstić information content (AvgIpc) is 2.50. The Labute approximate surface area is 125 Å². The molecule has 8 nitrogen and oxygen atoms in total. The topological polar surface area (TPSA) is 103 Å². The van der Waals surface area contributed by atoms with E-state index in [4.69, 9.17) is 24.5 Å². The molecule has 8 heteroatoms. The summed E-state index contributed by atoms with van der Waals surface area (Å²) in [6, 6.07) is 0. The minimum absolute atomic E-state index is 0.214. The van der Waals surface area contributed by atoms with E-state index >= 15 is 0 Å². The van der Waals surface area contributed by atoms with Crippen LogP contribution in [0.1, 0.15) is 19.8 Å². The van der Waals surface area contributed by atoms with Crippen LogP contribution < -0.4 is 0 Å². The van der Waals surface area contributed by atoms with Gasteiger partial charge in [-0.25, -0.2) is 0 Å². The van der Waals surface area contributed by atoms with Crippen molar-refractivity contribution >= 4 is 5.78 Å². The van der Waals surface area contributed by atoms with Crippen molar-refractivity contribution in [1.82, 2.24) is 0 Å². The molecule has 0 fully saturated rings. The van der Waals surface area contributed by atoms with Crippen LogP contribution in [0.15, 0.2) is 5.11 Å². The third-order valence-electron chi connectivity index (χ3n) is 2.43. The standard InChI is InChI=1S/C13H25N3O5/c1-2-13(17)3-5-18-7-9-20-11-12-21-10-8-19-6-4-15-16-14/h2-12H2,1H3. The Morgan fingerprint density at radius 1 is 0.905 bits per heavy atom. The predicted octanol–water partition coefficient (Wildman–Crippen LogP) is 1.73. The van der Waals surface area contributed by atoms with Gasteiger partial charge < -0.3 is 18.9 Å². The molecule has 0 aromatic rings. The molecular formula is C13H25N3O5. The number of carbonyl (C=O) groups excluding carboxylic acids is 1. The van der Waals surface area contributed by atoms with Gasteiger partial charge >= 0.3 is 0 Å². The van der Waals surface area contributed by atoms with E-state index in [0.29, 0.717) is 72.2 Å². The average molecular weight is 303 g/mol. The van der Waals surface area contributed by atoms with E-state index in [0.717, 1.165) is 0 Å². The van der Waals surface area contributed by atoms with E-state index in [2.05, 4.69) is 10.0 Å². The van der Waals surface area contributed by atoms with Gasteiger partial charge in [-0.3, -0.25) is 4.79 Å². The number of ketones is 1. The molecule has 0 saturated carbocycles. The minimum Gasteiger partial charge on any atom is -0.379 e. The predicted molar refractivity (Wildman–Crippen MR) is 77.2 cm³/mol. The molecule has 0 heterocycles. The Morgan fingerprint density at radius 2 is 1.38 bits per heavy atom. The van der Waals surface area contributed by atoms with Crippen molar-refractivity contribution in [3.63, 3.8) is 0 Å². The van der Waals surface area contributed by atoms with Crippen molar-refractivity contribution in [3.8, 4) is 0 Å². The molecule has 122 valence electrons. The van der Waals surface area contributed by atoms with Gasteiger partial charge in [0.05, 0.1) is 52.9 Å². The summed E-state index contributed by atoms with van der Waals surface area (Å²) in [4.78, 5) is 13.6. The zero-order chi connectivity index (χ0) is 15.6. The fourth-order valence-electron chi connectivity index (χ4n) is 1.27. The fraction of sp³-hybridized carbons (Fsp3) is 0.923. The molecule has 0 aromatic heterocycles. The quantitative estimate of drug-likeness (QED) is 0.187. The molecule has 0 unspecified atom stereocenters. The lowest BCUT2D eigenvalue weighted by Gasteiger charge is -2.07. The Morgan fingerprint density at radius 3 is 1.86 bits per heavy atom. The Hall–Kier alpha value is -1.18. The number of rotatable bonds is 16. The first-order valence-electron chi connectivity index (χ1n) is 7.14. The van der Waals surface area contributed by atoms with Crippen LogP contribution in [0.2, 0.25) is 0 Å². The highest BCUT2D eigenvalue weighted by Gasteiger charge is 1.97. The van der Waals surface area contributed by atoms with Gasteiger partial charge in [-0.15, -0.1) is 0 Å². The van der Waals surface area contributed by atoms with Gasteiger partial charge in [-0.2, -0.15) is 0 Å². The molecule has 0 bridgehead atoms. The van der Waals surface area contributed by atoms with Gasteiger partial charge in [0.25, 0.3) is 0 Å². The maximum absolute atomic E-state index is 11.0. The smallest absolute Gasteiger partial charge is 0.134 e. The van der Waals surface area contributed by atoms with Crippen LogP contribution in [0.5, 0.6) is 0 Å². The lowest BCUT2D eigenvalue weighted by atomic mass is 10.2. The molecule has 0 rings (SSSR count). The van der Waals surface area contributed by atoms with E-state index in [1.54, 1.807) is 0 Å². The zero-order valence-electron chi connectivity index (χ0n) is 12.7. The second-order valence-electron chi connectivity index (χ2n) is 4.05. The minimum atomic E-state index is 0.214. The first-order chi connectivity index (χ1) is 10.3. The normalized spacial score (nSPS) is 10.3. The number of ether oxygens (including phenoxy) is 4. The lowest BCUT2D eigenvalue weighted by Crippen LogP contribution is -2.13. The number of hydrogen-bond acceptors (Lipinski definition) is 6.